The Balaban J connectivity index is 1.59. The zero-order valence-corrected chi connectivity index (χ0v) is 17.6. The van der Waals surface area contributed by atoms with E-state index in [1.54, 1.807) is 19.1 Å². The second-order valence-corrected chi connectivity index (χ2v) is 8.76. The van der Waals surface area contributed by atoms with Crippen molar-refractivity contribution in [3.8, 4) is 0 Å². The van der Waals surface area contributed by atoms with E-state index in [1.165, 1.54) is 18.2 Å². The van der Waals surface area contributed by atoms with E-state index in [0.717, 1.165) is 23.3 Å². The first kappa shape index (κ1) is 22.6. The fraction of sp³-hybridized carbons (Fsp3) is 0.174. The minimum absolute atomic E-state index is 0.0108. The number of aryl methyl sites for hydroxylation is 1. The van der Waals surface area contributed by atoms with Gasteiger partial charge in [-0.15, -0.1) is 0 Å². The number of carbonyl (C=O) groups excluding carboxylic acids is 1. The van der Waals surface area contributed by atoms with E-state index < -0.39 is 39.3 Å². The van der Waals surface area contributed by atoms with Gasteiger partial charge in [0.1, 0.15) is 17.3 Å². The third-order valence-electron chi connectivity index (χ3n) is 4.73. The number of hydrogen-bond donors (Lipinski definition) is 2. The Bertz CT molecular complexity index is 1130. The summed E-state index contributed by atoms with van der Waals surface area (Å²) in [7, 11) is -3.72. The summed E-state index contributed by atoms with van der Waals surface area (Å²) in [4.78, 5) is 12.1. The lowest BCUT2D eigenvalue weighted by Gasteiger charge is -2.15. The average molecular weight is 445 g/mol. The van der Waals surface area contributed by atoms with Crippen LogP contribution in [-0.4, -0.2) is 14.3 Å². The average Bonchev–Trinajstić information content (AvgIpc) is 2.75. The van der Waals surface area contributed by atoms with E-state index in [1.807, 2.05) is 30.3 Å². The van der Waals surface area contributed by atoms with Gasteiger partial charge in [0, 0.05) is 12.5 Å². The molecule has 0 heterocycles. The van der Waals surface area contributed by atoms with Gasteiger partial charge >= 0.3 is 0 Å². The molecule has 0 saturated carbocycles. The maximum absolute atomic E-state index is 13.6. The molecular formula is C23H22F2N2O3S. The van der Waals surface area contributed by atoms with Crippen LogP contribution < -0.4 is 10.0 Å². The lowest BCUT2D eigenvalue weighted by molar-refractivity contribution is -0.116. The van der Waals surface area contributed by atoms with Crippen LogP contribution in [0.4, 0.5) is 14.5 Å². The molecule has 0 aromatic heterocycles. The number of nitrogens with one attached hydrogen (secondary N) is 2. The SMILES string of the molecule is C[C@H](NS(=O)(=O)c1ccc(CCC(=O)Nc2c(F)cccc2F)cc1)c1ccccc1. The summed E-state index contributed by atoms with van der Waals surface area (Å²) in [6.45, 7) is 1.76. The first-order chi connectivity index (χ1) is 14.8. The quantitative estimate of drug-likeness (QED) is 0.534. The van der Waals surface area contributed by atoms with Gasteiger partial charge in [0.15, 0.2) is 0 Å². The van der Waals surface area contributed by atoms with Crippen molar-refractivity contribution in [1.82, 2.24) is 4.72 Å². The maximum Gasteiger partial charge on any atom is 0.241 e. The van der Waals surface area contributed by atoms with Gasteiger partial charge in [-0.1, -0.05) is 48.5 Å². The molecule has 162 valence electrons. The number of anilines is 1. The Morgan fingerprint density at radius 3 is 2.13 bits per heavy atom. The molecule has 0 aliphatic rings. The molecule has 3 aromatic carbocycles. The van der Waals surface area contributed by atoms with Crippen LogP contribution in [0, 0.1) is 11.6 Å². The van der Waals surface area contributed by atoms with Gasteiger partial charge in [0.05, 0.1) is 4.90 Å². The molecule has 0 aliphatic carbocycles. The lowest BCUT2D eigenvalue weighted by Crippen LogP contribution is -2.26. The summed E-state index contributed by atoms with van der Waals surface area (Å²) >= 11 is 0. The van der Waals surface area contributed by atoms with Crippen LogP contribution in [0.15, 0.2) is 77.7 Å². The normalized spacial score (nSPS) is 12.4. The molecule has 5 nitrogen and oxygen atoms in total. The van der Waals surface area contributed by atoms with E-state index >= 15 is 0 Å². The minimum Gasteiger partial charge on any atom is -0.321 e. The number of amides is 1. The van der Waals surface area contributed by atoms with Crippen molar-refractivity contribution in [2.24, 2.45) is 0 Å². The Labute approximate surface area is 180 Å². The van der Waals surface area contributed by atoms with E-state index in [4.69, 9.17) is 0 Å². The van der Waals surface area contributed by atoms with E-state index in [2.05, 4.69) is 10.0 Å². The Morgan fingerprint density at radius 1 is 0.903 bits per heavy atom. The molecule has 1 amide bonds. The molecule has 3 rings (SSSR count). The third kappa shape index (κ3) is 5.96. The Hall–Kier alpha value is -3.10. The second-order valence-electron chi connectivity index (χ2n) is 7.04. The molecular weight excluding hydrogens is 422 g/mol. The molecule has 0 fully saturated rings. The van der Waals surface area contributed by atoms with E-state index in [9.17, 15) is 22.0 Å². The van der Waals surface area contributed by atoms with Crippen LogP contribution in [0.1, 0.15) is 30.5 Å². The first-order valence-corrected chi connectivity index (χ1v) is 11.1. The predicted molar refractivity (Wildman–Crippen MR) is 115 cm³/mol. The van der Waals surface area contributed by atoms with Gasteiger partial charge in [-0.25, -0.2) is 21.9 Å². The summed E-state index contributed by atoms with van der Waals surface area (Å²) in [5.41, 5.74) is 1.09. The van der Waals surface area contributed by atoms with Crippen molar-refractivity contribution in [3.05, 3.63) is 95.6 Å². The highest BCUT2D eigenvalue weighted by Crippen LogP contribution is 2.20. The molecule has 0 bridgehead atoms. The summed E-state index contributed by atoms with van der Waals surface area (Å²) in [6.07, 6.45) is 0.277. The molecule has 0 unspecified atom stereocenters. The molecule has 1 atom stereocenters. The van der Waals surface area contributed by atoms with Crippen LogP contribution >= 0.6 is 0 Å². The number of hydrogen-bond acceptors (Lipinski definition) is 3. The predicted octanol–water partition coefficient (Wildman–Crippen LogP) is 4.58. The molecule has 0 spiro atoms. The van der Waals surface area contributed by atoms with Gasteiger partial charge in [0.2, 0.25) is 15.9 Å². The van der Waals surface area contributed by atoms with Crippen molar-refractivity contribution >= 4 is 21.6 Å². The molecule has 2 N–H and O–H groups in total. The van der Waals surface area contributed by atoms with Gasteiger partial charge < -0.3 is 5.32 Å². The summed E-state index contributed by atoms with van der Waals surface area (Å²) in [6, 6.07) is 18.3. The van der Waals surface area contributed by atoms with Crippen molar-refractivity contribution in [3.63, 3.8) is 0 Å². The van der Waals surface area contributed by atoms with Crippen molar-refractivity contribution in [1.29, 1.82) is 0 Å². The number of rotatable bonds is 8. The fourth-order valence-electron chi connectivity index (χ4n) is 3.02. The number of para-hydroxylation sites is 1. The number of halogens is 2. The zero-order valence-electron chi connectivity index (χ0n) is 16.8. The van der Waals surface area contributed by atoms with Crippen LogP contribution in [0.3, 0.4) is 0 Å². The number of sulfonamides is 1. The summed E-state index contributed by atoms with van der Waals surface area (Å²) < 4.78 is 55.1. The molecule has 3 aromatic rings. The molecule has 0 saturated heterocycles. The molecule has 0 aliphatic heterocycles. The standard InChI is InChI=1S/C23H22F2N2O3S/c1-16(18-6-3-2-4-7-18)27-31(29,30)19-13-10-17(11-14-19)12-15-22(28)26-23-20(24)8-5-9-21(23)25/h2-11,13-14,16,27H,12,15H2,1H3,(H,26,28)/t16-/m0/s1. The van der Waals surface area contributed by atoms with Crippen molar-refractivity contribution in [2.45, 2.75) is 30.7 Å². The van der Waals surface area contributed by atoms with Crippen molar-refractivity contribution < 1.29 is 22.0 Å². The van der Waals surface area contributed by atoms with Gasteiger partial charge in [0.25, 0.3) is 0 Å². The summed E-state index contributed by atoms with van der Waals surface area (Å²) in [5.74, 6) is -2.24. The van der Waals surface area contributed by atoms with Crippen LogP contribution in [0.2, 0.25) is 0 Å². The topological polar surface area (TPSA) is 75.3 Å². The number of carbonyl (C=O) groups is 1. The highest BCUT2D eigenvalue weighted by Gasteiger charge is 2.18. The number of benzene rings is 3. The minimum atomic E-state index is -3.72. The third-order valence-corrected chi connectivity index (χ3v) is 6.29. The Kier molecular flexibility index (Phi) is 7.14. The highest BCUT2D eigenvalue weighted by atomic mass is 32.2. The molecule has 31 heavy (non-hydrogen) atoms. The molecule has 0 radical (unpaired) electrons. The van der Waals surface area contributed by atoms with Gasteiger partial charge in [-0.2, -0.15) is 0 Å². The largest absolute Gasteiger partial charge is 0.321 e. The van der Waals surface area contributed by atoms with Crippen LogP contribution in [0.5, 0.6) is 0 Å². The zero-order chi connectivity index (χ0) is 22.4. The molecule has 8 heteroatoms. The van der Waals surface area contributed by atoms with Crippen molar-refractivity contribution in [2.75, 3.05) is 5.32 Å². The van der Waals surface area contributed by atoms with Crippen LogP contribution in [0.25, 0.3) is 0 Å². The van der Waals surface area contributed by atoms with E-state index in [0.29, 0.717) is 0 Å². The van der Waals surface area contributed by atoms with Gasteiger partial charge in [-0.3, -0.25) is 4.79 Å². The first-order valence-electron chi connectivity index (χ1n) is 9.66. The highest BCUT2D eigenvalue weighted by molar-refractivity contribution is 7.89. The lowest BCUT2D eigenvalue weighted by atomic mass is 10.1. The Morgan fingerprint density at radius 2 is 1.52 bits per heavy atom. The maximum atomic E-state index is 13.6. The monoisotopic (exact) mass is 444 g/mol. The summed E-state index contributed by atoms with van der Waals surface area (Å²) in [5, 5.41) is 2.23. The second kappa shape index (κ2) is 9.80. The van der Waals surface area contributed by atoms with E-state index in [-0.39, 0.29) is 17.7 Å². The fourth-order valence-corrected chi connectivity index (χ4v) is 4.25. The van der Waals surface area contributed by atoms with Gasteiger partial charge in [-0.05, 0) is 48.7 Å². The van der Waals surface area contributed by atoms with Crippen LogP contribution in [-0.2, 0) is 21.2 Å². The smallest absolute Gasteiger partial charge is 0.241 e.